The van der Waals surface area contributed by atoms with E-state index in [4.69, 9.17) is 17.3 Å². The molecule has 1 atom stereocenters. The lowest BCUT2D eigenvalue weighted by Crippen LogP contribution is -2.17. The Bertz CT molecular complexity index is 485. The molecular formula is C11H12ClN3S2. The van der Waals surface area contributed by atoms with Crippen LogP contribution in [0.3, 0.4) is 0 Å². The molecule has 0 fully saturated rings. The van der Waals surface area contributed by atoms with Gasteiger partial charge in [-0.1, -0.05) is 40.8 Å². The molecule has 1 unspecified atom stereocenters. The molecule has 1 aromatic carbocycles. The second kappa shape index (κ2) is 5.82. The smallest absolute Gasteiger partial charge is 0.178 e. The van der Waals surface area contributed by atoms with E-state index in [9.17, 15) is 0 Å². The predicted molar refractivity (Wildman–Crippen MR) is 72.8 cm³/mol. The van der Waals surface area contributed by atoms with Gasteiger partial charge in [0.25, 0.3) is 0 Å². The predicted octanol–water partition coefficient (Wildman–Crippen LogP) is 3.23. The topological polar surface area (TPSA) is 51.8 Å². The third-order valence-corrected chi connectivity index (χ3v) is 4.37. The third-order valence-electron chi connectivity index (χ3n) is 2.09. The first kappa shape index (κ1) is 12.8. The Hall–Kier alpha value is -0.620. The molecule has 0 aliphatic heterocycles. The maximum Gasteiger partial charge on any atom is 0.178 e. The van der Waals surface area contributed by atoms with Gasteiger partial charge in [-0.25, -0.2) is 0 Å². The molecule has 6 heteroatoms. The summed E-state index contributed by atoms with van der Waals surface area (Å²) in [5.41, 5.74) is 8.63. The van der Waals surface area contributed by atoms with Gasteiger partial charge in [0.15, 0.2) is 4.34 Å². The highest BCUT2D eigenvalue weighted by atomic mass is 35.5. The summed E-state index contributed by atoms with van der Waals surface area (Å²) in [6.07, 6.45) is 0.837. The Kier molecular flexibility index (Phi) is 4.39. The van der Waals surface area contributed by atoms with E-state index in [2.05, 4.69) is 16.3 Å². The van der Waals surface area contributed by atoms with Crippen LogP contribution in [0.25, 0.3) is 0 Å². The fraction of sp³-hybridized carbons (Fsp3) is 0.273. The first-order chi connectivity index (χ1) is 8.15. The summed E-state index contributed by atoms with van der Waals surface area (Å²) in [7, 11) is 0. The number of nitrogens with zero attached hydrogens (tertiary/aromatic N) is 2. The van der Waals surface area contributed by atoms with Crippen LogP contribution in [0, 0.1) is 0 Å². The number of rotatable bonds is 4. The van der Waals surface area contributed by atoms with Gasteiger partial charge in [-0.2, -0.15) is 0 Å². The van der Waals surface area contributed by atoms with E-state index in [0.717, 1.165) is 26.2 Å². The van der Waals surface area contributed by atoms with E-state index in [1.165, 1.54) is 23.1 Å². The van der Waals surface area contributed by atoms with Gasteiger partial charge >= 0.3 is 0 Å². The van der Waals surface area contributed by atoms with Crippen LogP contribution in [0.2, 0.25) is 5.02 Å². The van der Waals surface area contributed by atoms with Crippen molar-refractivity contribution in [2.75, 3.05) is 0 Å². The van der Waals surface area contributed by atoms with Crippen molar-refractivity contribution >= 4 is 34.7 Å². The molecular weight excluding hydrogens is 274 g/mol. The van der Waals surface area contributed by atoms with E-state index < -0.39 is 0 Å². The van der Waals surface area contributed by atoms with Crippen molar-refractivity contribution in [1.29, 1.82) is 0 Å². The number of halogens is 1. The highest BCUT2D eigenvalue weighted by molar-refractivity contribution is 8.01. The number of aromatic nitrogens is 2. The zero-order chi connectivity index (χ0) is 12.3. The van der Waals surface area contributed by atoms with Crippen LogP contribution < -0.4 is 5.73 Å². The van der Waals surface area contributed by atoms with Gasteiger partial charge in [-0.3, -0.25) is 0 Å². The summed E-state index contributed by atoms with van der Waals surface area (Å²) in [6.45, 7) is 1.98. The van der Waals surface area contributed by atoms with Gasteiger partial charge in [0, 0.05) is 10.9 Å². The van der Waals surface area contributed by atoms with Crippen molar-refractivity contribution in [3.8, 4) is 0 Å². The fourth-order valence-corrected chi connectivity index (χ4v) is 3.18. The van der Waals surface area contributed by atoms with Crippen molar-refractivity contribution in [3.05, 3.63) is 34.3 Å². The summed E-state index contributed by atoms with van der Waals surface area (Å²) in [4.78, 5) is 0.997. The monoisotopic (exact) mass is 285 g/mol. The van der Waals surface area contributed by atoms with Crippen LogP contribution in [0.1, 0.15) is 12.5 Å². The summed E-state index contributed by atoms with van der Waals surface area (Å²) in [5.74, 6) is 0. The Morgan fingerprint density at radius 1 is 1.53 bits per heavy atom. The zero-order valence-corrected chi connectivity index (χ0v) is 11.6. The molecule has 0 aliphatic rings. The number of hydrogen-bond donors (Lipinski definition) is 1. The Morgan fingerprint density at radius 3 is 2.94 bits per heavy atom. The van der Waals surface area contributed by atoms with Crippen molar-refractivity contribution in [2.45, 2.75) is 28.6 Å². The molecule has 0 saturated carbocycles. The highest BCUT2D eigenvalue weighted by Crippen LogP contribution is 2.34. The molecule has 0 aliphatic carbocycles. The maximum atomic E-state index is 6.22. The molecule has 17 heavy (non-hydrogen) atoms. The van der Waals surface area contributed by atoms with E-state index in [1.807, 2.05) is 19.1 Å². The Labute approximate surface area is 113 Å². The quantitative estimate of drug-likeness (QED) is 0.937. The maximum absolute atomic E-state index is 6.22. The summed E-state index contributed by atoms with van der Waals surface area (Å²) < 4.78 is 0.895. The minimum atomic E-state index is 0.146. The van der Waals surface area contributed by atoms with Crippen LogP contribution in [-0.2, 0) is 6.42 Å². The summed E-state index contributed by atoms with van der Waals surface area (Å²) in [5, 5.41) is 8.51. The van der Waals surface area contributed by atoms with Gasteiger partial charge in [0.2, 0.25) is 0 Å². The Balaban J connectivity index is 2.14. The number of benzene rings is 1. The minimum absolute atomic E-state index is 0.146. The van der Waals surface area contributed by atoms with Crippen molar-refractivity contribution < 1.29 is 0 Å². The summed E-state index contributed by atoms with van der Waals surface area (Å²) in [6, 6.07) is 6.17. The molecule has 2 aromatic rings. The van der Waals surface area contributed by atoms with Gasteiger partial charge in [0.1, 0.15) is 5.51 Å². The SMILES string of the molecule is CC(N)Cc1ccc(Sc2nncs2)c(Cl)c1. The van der Waals surface area contributed by atoms with Gasteiger partial charge < -0.3 is 5.73 Å². The molecule has 0 bridgehead atoms. The molecule has 0 spiro atoms. The van der Waals surface area contributed by atoms with Gasteiger partial charge in [-0.15, -0.1) is 10.2 Å². The number of nitrogens with two attached hydrogens (primary N) is 1. The molecule has 3 nitrogen and oxygen atoms in total. The van der Waals surface area contributed by atoms with Gasteiger partial charge in [-0.05, 0) is 31.0 Å². The highest BCUT2D eigenvalue weighted by Gasteiger charge is 2.07. The standard InChI is InChI=1S/C11H12ClN3S2/c1-7(13)4-8-2-3-10(9(12)5-8)17-11-15-14-6-16-11/h2-3,5-7H,4,13H2,1H3. The number of hydrogen-bond acceptors (Lipinski definition) is 5. The second-order valence-corrected chi connectivity index (χ2v) is 6.28. The van der Waals surface area contributed by atoms with Gasteiger partial charge in [0.05, 0.1) is 5.02 Å². The van der Waals surface area contributed by atoms with Crippen LogP contribution in [0.5, 0.6) is 0 Å². The molecule has 2 N–H and O–H groups in total. The molecule has 0 saturated heterocycles. The minimum Gasteiger partial charge on any atom is -0.328 e. The van der Waals surface area contributed by atoms with E-state index in [1.54, 1.807) is 5.51 Å². The summed E-state index contributed by atoms with van der Waals surface area (Å²) >= 11 is 9.26. The molecule has 1 aromatic heterocycles. The first-order valence-electron chi connectivity index (χ1n) is 5.13. The molecule has 0 amide bonds. The van der Waals surface area contributed by atoms with Crippen LogP contribution in [0.15, 0.2) is 32.9 Å². The lowest BCUT2D eigenvalue weighted by molar-refractivity contribution is 0.738. The largest absolute Gasteiger partial charge is 0.328 e. The van der Waals surface area contributed by atoms with Crippen LogP contribution in [-0.4, -0.2) is 16.2 Å². The average molecular weight is 286 g/mol. The van der Waals surface area contributed by atoms with Crippen molar-refractivity contribution in [2.24, 2.45) is 5.73 Å². The third kappa shape index (κ3) is 3.67. The lowest BCUT2D eigenvalue weighted by Gasteiger charge is -2.07. The zero-order valence-electron chi connectivity index (χ0n) is 9.26. The van der Waals surface area contributed by atoms with Crippen LogP contribution in [0.4, 0.5) is 0 Å². The van der Waals surface area contributed by atoms with Crippen molar-refractivity contribution in [3.63, 3.8) is 0 Å². The van der Waals surface area contributed by atoms with E-state index >= 15 is 0 Å². The van der Waals surface area contributed by atoms with E-state index in [-0.39, 0.29) is 6.04 Å². The second-order valence-electron chi connectivity index (χ2n) is 3.75. The van der Waals surface area contributed by atoms with Crippen LogP contribution >= 0.6 is 34.7 Å². The van der Waals surface area contributed by atoms with Crippen molar-refractivity contribution in [1.82, 2.24) is 10.2 Å². The first-order valence-corrected chi connectivity index (χ1v) is 7.20. The fourth-order valence-electron chi connectivity index (χ4n) is 1.43. The lowest BCUT2D eigenvalue weighted by atomic mass is 10.1. The molecule has 1 heterocycles. The Morgan fingerprint density at radius 2 is 2.35 bits per heavy atom. The molecule has 2 rings (SSSR count). The normalized spacial score (nSPS) is 12.6. The molecule has 0 radical (unpaired) electrons. The average Bonchev–Trinajstić information content (AvgIpc) is 2.74. The molecule has 90 valence electrons. The van der Waals surface area contributed by atoms with E-state index in [0.29, 0.717) is 0 Å².